The molecule has 0 bridgehead atoms. The Morgan fingerprint density at radius 1 is 1.44 bits per heavy atom. The molecule has 0 saturated heterocycles. The molecule has 1 heterocycles. The molecule has 4 heteroatoms. The largest absolute Gasteiger partial charge is 0.372 e. The summed E-state index contributed by atoms with van der Waals surface area (Å²) in [5, 5.41) is 6.57. The van der Waals surface area contributed by atoms with Crippen molar-refractivity contribution in [2.24, 2.45) is 0 Å². The first-order valence-corrected chi connectivity index (χ1v) is 6.84. The van der Waals surface area contributed by atoms with E-state index < -0.39 is 0 Å². The van der Waals surface area contributed by atoms with Crippen molar-refractivity contribution in [2.45, 2.75) is 39.7 Å². The van der Waals surface area contributed by atoms with Crippen LogP contribution in [0.4, 0.5) is 0 Å². The molecule has 0 fully saturated rings. The predicted octanol–water partition coefficient (Wildman–Crippen LogP) is 2.95. The molecule has 2 unspecified atom stereocenters. The third kappa shape index (κ3) is 3.85. The van der Waals surface area contributed by atoms with Gasteiger partial charge in [-0.15, -0.1) is 11.3 Å². The van der Waals surface area contributed by atoms with E-state index in [1.165, 1.54) is 5.69 Å². The van der Waals surface area contributed by atoms with Gasteiger partial charge in [-0.3, -0.25) is 0 Å². The van der Waals surface area contributed by atoms with Gasteiger partial charge < -0.3 is 10.1 Å². The second-order valence-corrected chi connectivity index (χ2v) is 4.81. The van der Waals surface area contributed by atoms with Crippen LogP contribution < -0.4 is 5.32 Å². The van der Waals surface area contributed by atoms with Gasteiger partial charge in [0.05, 0.1) is 5.69 Å². The van der Waals surface area contributed by atoms with Crippen molar-refractivity contribution in [3.63, 3.8) is 0 Å². The zero-order valence-corrected chi connectivity index (χ0v) is 11.4. The molecule has 0 spiro atoms. The number of thiazole rings is 1. The minimum Gasteiger partial charge on any atom is -0.372 e. The maximum absolute atomic E-state index is 5.53. The molecule has 0 radical (unpaired) electrons. The second kappa shape index (κ2) is 6.99. The van der Waals surface area contributed by atoms with Gasteiger partial charge >= 0.3 is 0 Å². The van der Waals surface area contributed by atoms with E-state index in [0.29, 0.717) is 5.92 Å². The SMILES string of the molecule is CCNCC(C)c1csc(C(C)OCC)n1. The third-order valence-corrected chi connectivity index (χ3v) is 3.53. The Kier molecular flexibility index (Phi) is 5.95. The number of hydrogen-bond donors (Lipinski definition) is 1. The lowest BCUT2D eigenvalue weighted by Crippen LogP contribution is -2.19. The molecule has 2 atom stereocenters. The number of rotatable bonds is 7. The van der Waals surface area contributed by atoms with Crippen LogP contribution in [-0.2, 0) is 4.74 Å². The summed E-state index contributed by atoms with van der Waals surface area (Å²) < 4.78 is 5.53. The molecule has 1 aromatic rings. The topological polar surface area (TPSA) is 34.1 Å². The first kappa shape index (κ1) is 13.6. The van der Waals surface area contributed by atoms with Gasteiger partial charge in [0.1, 0.15) is 11.1 Å². The summed E-state index contributed by atoms with van der Waals surface area (Å²) in [4.78, 5) is 4.64. The van der Waals surface area contributed by atoms with Crippen molar-refractivity contribution in [1.29, 1.82) is 0 Å². The lowest BCUT2D eigenvalue weighted by molar-refractivity contribution is 0.0761. The normalized spacial score (nSPS) is 15.0. The molecule has 0 aliphatic rings. The van der Waals surface area contributed by atoms with Crippen LogP contribution in [0.5, 0.6) is 0 Å². The number of likely N-dealkylation sites (N-methyl/N-ethyl adjacent to an activating group) is 1. The molecule has 1 N–H and O–H groups in total. The van der Waals surface area contributed by atoms with E-state index in [9.17, 15) is 0 Å². The molecular weight excluding hydrogens is 220 g/mol. The zero-order valence-electron chi connectivity index (χ0n) is 10.6. The molecule has 1 rings (SSSR count). The molecular formula is C12H22N2OS. The summed E-state index contributed by atoms with van der Waals surface area (Å²) in [6, 6.07) is 0. The van der Waals surface area contributed by atoms with Gasteiger partial charge in [0.15, 0.2) is 0 Å². The van der Waals surface area contributed by atoms with Crippen LogP contribution in [0, 0.1) is 0 Å². The minimum absolute atomic E-state index is 0.120. The Labute approximate surface area is 102 Å². The summed E-state index contributed by atoms with van der Waals surface area (Å²) in [6.07, 6.45) is 0.120. The average molecular weight is 242 g/mol. The van der Waals surface area contributed by atoms with E-state index in [4.69, 9.17) is 4.74 Å². The van der Waals surface area contributed by atoms with Crippen LogP contribution in [0.3, 0.4) is 0 Å². The summed E-state index contributed by atoms with van der Waals surface area (Å²) in [6.45, 7) is 11.1. The molecule has 1 aromatic heterocycles. The van der Waals surface area contributed by atoms with Crippen LogP contribution in [0.25, 0.3) is 0 Å². The predicted molar refractivity (Wildman–Crippen MR) is 69.1 cm³/mol. The van der Waals surface area contributed by atoms with E-state index >= 15 is 0 Å². The molecule has 0 aliphatic heterocycles. The van der Waals surface area contributed by atoms with Gasteiger partial charge in [-0.05, 0) is 20.4 Å². The first-order valence-electron chi connectivity index (χ1n) is 5.96. The Balaban J connectivity index is 2.56. The van der Waals surface area contributed by atoms with Gasteiger partial charge in [0.2, 0.25) is 0 Å². The van der Waals surface area contributed by atoms with Crippen molar-refractivity contribution in [3.05, 3.63) is 16.1 Å². The van der Waals surface area contributed by atoms with E-state index in [-0.39, 0.29) is 6.10 Å². The van der Waals surface area contributed by atoms with E-state index in [1.54, 1.807) is 11.3 Å². The molecule has 16 heavy (non-hydrogen) atoms. The monoisotopic (exact) mass is 242 g/mol. The van der Waals surface area contributed by atoms with Gasteiger partial charge in [0.25, 0.3) is 0 Å². The molecule has 0 aromatic carbocycles. The Morgan fingerprint density at radius 2 is 2.19 bits per heavy atom. The van der Waals surface area contributed by atoms with E-state index in [0.717, 1.165) is 24.7 Å². The first-order chi connectivity index (χ1) is 7.69. The van der Waals surface area contributed by atoms with Gasteiger partial charge in [0, 0.05) is 24.4 Å². The number of nitrogens with zero attached hydrogens (tertiary/aromatic N) is 1. The minimum atomic E-state index is 0.120. The standard InChI is InChI=1S/C12H22N2OS/c1-5-13-7-9(3)11-8-16-12(14-11)10(4)15-6-2/h8-10,13H,5-7H2,1-4H3. The van der Waals surface area contributed by atoms with Crippen molar-refractivity contribution in [1.82, 2.24) is 10.3 Å². The molecule has 0 aliphatic carbocycles. The maximum Gasteiger partial charge on any atom is 0.121 e. The summed E-state index contributed by atoms with van der Waals surface area (Å²) in [5.74, 6) is 0.471. The Bertz CT molecular complexity index is 301. The Morgan fingerprint density at radius 3 is 2.81 bits per heavy atom. The van der Waals surface area contributed by atoms with Crippen molar-refractivity contribution >= 4 is 11.3 Å². The van der Waals surface area contributed by atoms with Crippen molar-refractivity contribution in [3.8, 4) is 0 Å². The highest BCUT2D eigenvalue weighted by Crippen LogP contribution is 2.24. The van der Waals surface area contributed by atoms with Crippen LogP contribution >= 0.6 is 11.3 Å². The Hall–Kier alpha value is -0.450. The lowest BCUT2D eigenvalue weighted by Gasteiger charge is -2.09. The van der Waals surface area contributed by atoms with E-state index in [2.05, 4.69) is 36.5 Å². The fraction of sp³-hybridized carbons (Fsp3) is 0.750. The van der Waals surface area contributed by atoms with Crippen molar-refractivity contribution < 1.29 is 4.74 Å². The number of hydrogen-bond acceptors (Lipinski definition) is 4. The van der Waals surface area contributed by atoms with Gasteiger partial charge in [-0.25, -0.2) is 4.98 Å². The molecule has 3 nitrogen and oxygen atoms in total. The fourth-order valence-corrected chi connectivity index (χ4v) is 2.44. The third-order valence-electron chi connectivity index (χ3n) is 2.51. The average Bonchev–Trinajstić information content (AvgIpc) is 2.75. The summed E-state index contributed by atoms with van der Waals surface area (Å²) in [5.41, 5.74) is 1.17. The summed E-state index contributed by atoms with van der Waals surface area (Å²) >= 11 is 1.70. The molecule has 0 saturated carbocycles. The van der Waals surface area contributed by atoms with Crippen molar-refractivity contribution in [2.75, 3.05) is 19.7 Å². The van der Waals surface area contributed by atoms with E-state index in [1.807, 2.05) is 6.92 Å². The highest BCUT2D eigenvalue weighted by Gasteiger charge is 2.13. The second-order valence-electron chi connectivity index (χ2n) is 3.92. The lowest BCUT2D eigenvalue weighted by atomic mass is 10.1. The molecule has 0 amide bonds. The van der Waals surface area contributed by atoms with Crippen LogP contribution in [0.2, 0.25) is 0 Å². The number of nitrogens with one attached hydrogen (secondary N) is 1. The van der Waals surface area contributed by atoms with Crippen LogP contribution in [0.15, 0.2) is 5.38 Å². The highest BCUT2D eigenvalue weighted by molar-refractivity contribution is 7.09. The smallest absolute Gasteiger partial charge is 0.121 e. The number of aromatic nitrogens is 1. The molecule has 92 valence electrons. The summed E-state index contributed by atoms with van der Waals surface area (Å²) in [7, 11) is 0. The zero-order chi connectivity index (χ0) is 12.0. The quantitative estimate of drug-likeness (QED) is 0.798. The van der Waals surface area contributed by atoms with Gasteiger partial charge in [-0.2, -0.15) is 0 Å². The maximum atomic E-state index is 5.53. The fourth-order valence-electron chi connectivity index (χ4n) is 1.50. The highest BCUT2D eigenvalue weighted by atomic mass is 32.1. The van der Waals surface area contributed by atoms with Crippen LogP contribution in [0.1, 0.15) is 50.4 Å². The number of ether oxygens (including phenoxy) is 1. The van der Waals surface area contributed by atoms with Gasteiger partial charge in [-0.1, -0.05) is 13.8 Å². The van der Waals surface area contributed by atoms with Crippen LogP contribution in [-0.4, -0.2) is 24.7 Å².